The average Bonchev–Trinajstić information content (AvgIpc) is 2.67. The number of nitrogens with one attached hydrogen (secondary N) is 2. The summed E-state index contributed by atoms with van der Waals surface area (Å²) in [7, 11) is 0. The van der Waals surface area contributed by atoms with Crippen molar-refractivity contribution in [3.05, 3.63) is 58.1 Å². The second-order valence-corrected chi connectivity index (χ2v) is 7.93. The summed E-state index contributed by atoms with van der Waals surface area (Å²) in [4.78, 5) is 12.3. The van der Waals surface area contributed by atoms with Gasteiger partial charge in [-0.3, -0.25) is 10.1 Å². The van der Waals surface area contributed by atoms with Crippen molar-refractivity contribution in [2.75, 3.05) is 11.9 Å². The van der Waals surface area contributed by atoms with Crippen LogP contribution in [0.5, 0.6) is 5.75 Å². The van der Waals surface area contributed by atoms with Crippen molar-refractivity contribution in [2.24, 2.45) is 0 Å². The first kappa shape index (κ1) is 22.4. The van der Waals surface area contributed by atoms with Gasteiger partial charge in [0.05, 0.1) is 6.61 Å². The summed E-state index contributed by atoms with van der Waals surface area (Å²) in [6.07, 6.45) is 6.02. The van der Waals surface area contributed by atoms with E-state index in [-0.39, 0.29) is 11.0 Å². The molecule has 2 aromatic rings. The Morgan fingerprint density at radius 1 is 1.11 bits per heavy atom. The molecule has 6 heteroatoms. The smallest absolute Gasteiger partial charge is 0.257 e. The number of rotatable bonds is 9. The standard InChI is InChI=1S/C22H27BrN2O2S/c1-3-4-5-6-7-13-27-19-10-8-9-18(15-19)24-22(28)25-21(26)17-12-11-16(2)20(23)14-17/h8-12,14-15H,3-7,13H2,1-2H3,(H2,24,25,26,28). The Morgan fingerprint density at radius 3 is 2.64 bits per heavy atom. The quantitative estimate of drug-likeness (QED) is 0.342. The zero-order chi connectivity index (χ0) is 20.4. The maximum Gasteiger partial charge on any atom is 0.257 e. The SMILES string of the molecule is CCCCCCCOc1cccc(NC(=S)NC(=O)c2ccc(C)c(Br)c2)c1. The molecule has 0 fully saturated rings. The van der Waals surface area contributed by atoms with Crippen LogP contribution in [0.3, 0.4) is 0 Å². The molecule has 0 atom stereocenters. The van der Waals surface area contributed by atoms with Crippen LogP contribution in [0.2, 0.25) is 0 Å². The Bertz CT molecular complexity index is 811. The van der Waals surface area contributed by atoms with E-state index in [9.17, 15) is 4.79 Å². The normalized spacial score (nSPS) is 10.4. The molecule has 1 amide bonds. The van der Waals surface area contributed by atoms with E-state index >= 15 is 0 Å². The molecule has 0 aromatic heterocycles. The maximum atomic E-state index is 12.3. The van der Waals surface area contributed by atoms with E-state index in [1.54, 1.807) is 12.1 Å². The number of carbonyl (C=O) groups is 1. The summed E-state index contributed by atoms with van der Waals surface area (Å²) in [5.74, 6) is 0.537. The van der Waals surface area contributed by atoms with Crippen LogP contribution in [-0.4, -0.2) is 17.6 Å². The van der Waals surface area contributed by atoms with E-state index in [0.29, 0.717) is 12.2 Å². The van der Waals surface area contributed by atoms with Crippen LogP contribution in [0, 0.1) is 6.92 Å². The highest BCUT2D eigenvalue weighted by atomic mass is 79.9. The third kappa shape index (κ3) is 7.60. The van der Waals surface area contributed by atoms with Crippen molar-refractivity contribution in [2.45, 2.75) is 46.0 Å². The number of halogens is 1. The Hall–Kier alpha value is -1.92. The number of hydrogen-bond acceptors (Lipinski definition) is 3. The lowest BCUT2D eigenvalue weighted by atomic mass is 10.1. The molecular formula is C22H27BrN2O2S. The van der Waals surface area contributed by atoms with Crippen LogP contribution >= 0.6 is 28.1 Å². The van der Waals surface area contributed by atoms with Crippen molar-refractivity contribution in [3.63, 3.8) is 0 Å². The van der Waals surface area contributed by atoms with Crippen molar-refractivity contribution in [1.82, 2.24) is 5.32 Å². The van der Waals surface area contributed by atoms with E-state index in [4.69, 9.17) is 17.0 Å². The van der Waals surface area contributed by atoms with Gasteiger partial charge in [0.1, 0.15) is 5.75 Å². The second kappa shape index (κ2) is 11.8. The molecule has 2 N–H and O–H groups in total. The van der Waals surface area contributed by atoms with Crippen molar-refractivity contribution < 1.29 is 9.53 Å². The minimum Gasteiger partial charge on any atom is -0.494 e. The Morgan fingerprint density at radius 2 is 1.89 bits per heavy atom. The molecule has 0 heterocycles. The lowest BCUT2D eigenvalue weighted by Crippen LogP contribution is -2.34. The topological polar surface area (TPSA) is 50.4 Å². The van der Waals surface area contributed by atoms with Gasteiger partial charge in [-0.1, -0.05) is 60.7 Å². The Balaban J connectivity index is 1.82. The van der Waals surface area contributed by atoms with Crippen molar-refractivity contribution in [3.8, 4) is 5.75 Å². The number of amides is 1. The van der Waals surface area contributed by atoms with Gasteiger partial charge in [0.2, 0.25) is 0 Å². The van der Waals surface area contributed by atoms with Crippen LogP contribution in [0.15, 0.2) is 46.9 Å². The predicted octanol–water partition coefficient (Wildman–Crippen LogP) is 6.23. The first-order valence-electron chi connectivity index (χ1n) is 9.61. The molecule has 0 aliphatic rings. The molecule has 0 aliphatic carbocycles. The molecule has 2 aromatic carbocycles. The molecule has 0 unspecified atom stereocenters. The van der Waals surface area contributed by atoms with Crippen LogP contribution < -0.4 is 15.4 Å². The van der Waals surface area contributed by atoms with Gasteiger partial charge in [0, 0.05) is 21.8 Å². The van der Waals surface area contributed by atoms with Crippen molar-refractivity contribution >= 4 is 44.9 Å². The molecule has 0 radical (unpaired) electrons. The number of carbonyl (C=O) groups excluding carboxylic acids is 1. The molecule has 2 rings (SSSR count). The van der Waals surface area contributed by atoms with E-state index < -0.39 is 0 Å². The zero-order valence-corrected chi connectivity index (χ0v) is 18.8. The second-order valence-electron chi connectivity index (χ2n) is 6.66. The van der Waals surface area contributed by atoms with Crippen LogP contribution in [-0.2, 0) is 0 Å². The molecular weight excluding hydrogens is 436 g/mol. The maximum absolute atomic E-state index is 12.3. The Labute approximate surface area is 181 Å². The minimum atomic E-state index is -0.252. The number of benzene rings is 2. The first-order chi connectivity index (χ1) is 13.5. The third-order valence-corrected chi connectivity index (χ3v) is 5.33. The molecule has 4 nitrogen and oxygen atoms in total. The highest BCUT2D eigenvalue weighted by Crippen LogP contribution is 2.19. The lowest BCUT2D eigenvalue weighted by Gasteiger charge is -2.12. The lowest BCUT2D eigenvalue weighted by molar-refractivity contribution is 0.0977. The fraction of sp³-hybridized carbons (Fsp3) is 0.364. The molecule has 0 saturated carbocycles. The first-order valence-corrected chi connectivity index (χ1v) is 10.8. The summed E-state index contributed by atoms with van der Waals surface area (Å²) in [5.41, 5.74) is 2.39. The molecule has 28 heavy (non-hydrogen) atoms. The molecule has 0 saturated heterocycles. The highest BCUT2D eigenvalue weighted by Gasteiger charge is 2.09. The van der Waals surface area contributed by atoms with Gasteiger partial charge in [-0.25, -0.2) is 0 Å². The third-order valence-electron chi connectivity index (χ3n) is 4.27. The number of hydrogen-bond donors (Lipinski definition) is 2. The van der Waals surface area contributed by atoms with Gasteiger partial charge < -0.3 is 10.1 Å². The van der Waals surface area contributed by atoms with Crippen LogP contribution in [0.4, 0.5) is 5.69 Å². The Kier molecular flexibility index (Phi) is 9.44. The summed E-state index contributed by atoms with van der Waals surface area (Å²) in [6.45, 7) is 4.89. The van der Waals surface area contributed by atoms with Gasteiger partial charge in [-0.2, -0.15) is 0 Å². The largest absolute Gasteiger partial charge is 0.494 e. The van der Waals surface area contributed by atoms with Crippen LogP contribution in [0.25, 0.3) is 0 Å². The number of anilines is 1. The van der Waals surface area contributed by atoms with E-state index in [1.807, 2.05) is 37.3 Å². The molecule has 0 spiro atoms. The zero-order valence-electron chi connectivity index (χ0n) is 16.4. The highest BCUT2D eigenvalue weighted by molar-refractivity contribution is 9.10. The summed E-state index contributed by atoms with van der Waals surface area (Å²) in [6, 6.07) is 13.0. The van der Waals surface area contributed by atoms with E-state index in [0.717, 1.165) is 27.9 Å². The van der Waals surface area contributed by atoms with Gasteiger partial charge in [-0.05, 0) is 55.4 Å². The molecule has 150 valence electrons. The fourth-order valence-electron chi connectivity index (χ4n) is 2.63. The fourth-order valence-corrected chi connectivity index (χ4v) is 3.22. The number of aryl methyl sites for hydroxylation is 1. The minimum absolute atomic E-state index is 0.249. The van der Waals surface area contributed by atoms with Gasteiger partial charge in [0.25, 0.3) is 5.91 Å². The predicted molar refractivity (Wildman–Crippen MR) is 123 cm³/mol. The number of ether oxygens (including phenoxy) is 1. The molecule has 0 aliphatic heterocycles. The van der Waals surface area contributed by atoms with Crippen molar-refractivity contribution in [1.29, 1.82) is 0 Å². The van der Waals surface area contributed by atoms with Crippen LogP contribution in [0.1, 0.15) is 54.9 Å². The summed E-state index contributed by atoms with van der Waals surface area (Å²) < 4.78 is 6.69. The van der Waals surface area contributed by atoms with Gasteiger partial charge in [0.15, 0.2) is 5.11 Å². The summed E-state index contributed by atoms with van der Waals surface area (Å²) >= 11 is 8.70. The number of thiocarbonyl (C=S) groups is 1. The summed E-state index contributed by atoms with van der Waals surface area (Å²) in [5, 5.41) is 5.99. The average molecular weight is 463 g/mol. The van der Waals surface area contributed by atoms with E-state index in [2.05, 4.69) is 33.5 Å². The van der Waals surface area contributed by atoms with Gasteiger partial charge >= 0.3 is 0 Å². The molecule has 0 bridgehead atoms. The van der Waals surface area contributed by atoms with Gasteiger partial charge in [-0.15, -0.1) is 0 Å². The van der Waals surface area contributed by atoms with E-state index in [1.165, 1.54) is 25.7 Å². The number of unbranched alkanes of at least 4 members (excludes halogenated alkanes) is 4. The monoisotopic (exact) mass is 462 g/mol.